The third-order valence-electron chi connectivity index (χ3n) is 4.61. The maximum absolute atomic E-state index is 12.3. The number of likely N-dealkylation sites (tertiary alicyclic amines) is 1. The Labute approximate surface area is 149 Å². The monoisotopic (exact) mass is 360 g/mol. The molecule has 0 bridgehead atoms. The third-order valence-corrected chi connectivity index (χ3v) is 5.89. The zero-order valence-corrected chi connectivity index (χ0v) is 15.3. The molecular weight excluding hydrogens is 336 g/mol. The van der Waals surface area contributed by atoms with Crippen LogP contribution >= 0.6 is 0 Å². The van der Waals surface area contributed by atoms with Crippen LogP contribution in [-0.4, -0.2) is 53.0 Å². The average molecular weight is 360 g/mol. The predicted octanol–water partition coefficient (Wildman–Crippen LogP) is 1.90. The van der Waals surface area contributed by atoms with E-state index in [1.165, 1.54) is 11.8 Å². The fourth-order valence-electron chi connectivity index (χ4n) is 3.30. The number of hydrogen-bond donors (Lipinski definition) is 0. The number of pyridine rings is 2. The van der Waals surface area contributed by atoms with E-state index in [9.17, 15) is 8.42 Å². The van der Waals surface area contributed by atoms with Gasteiger partial charge in [-0.15, -0.1) is 0 Å². The van der Waals surface area contributed by atoms with Crippen molar-refractivity contribution in [2.45, 2.75) is 32.0 Å². The second-order valence-electron chi connectivity index (χ2n) is 6.53. The molecule has 0 aliphatic carbocycles. The lowest BCUT2D eigenvalue weighted by molar-refractivity contribution is 0.151. The van der Waals surface area contributed by atoms with Crippen LogP contribution in [0.15, 0.2) is 49.1 Å². The summed E-state index contributed by atoms with van der Waals surface area (Å²) in [6.07, 6.45) is 10.0. The highest BCUT2D eigenvalue weighted by molar-refractivity contribution is 7.88. The lowest BCUT2D eigenvalue weighted by atomic mass is 10.0. The first-order valence-corrected chi connectivity index (χ1v) is 10.3. The van der Waals surface area contributed by atoms with Crippen molar-refractivity contribution < 1.29 is 8.42 Å². The Hall–Kier alpha value is -1.83. The fourth-order valence-corrected chi connectivity index (χ4v) is 4.44. The zero-order valence-electron chi connectivity index (χ0n) is 14.5. The van der Waals surface area contributed by atoms with Gasteiger partial charge in [0, 0.05) is 57.0 Å². The van der Waals surface area contributed by atoms with Gasteiger partial charge < -0.3 is 0 Å². The molecule has 25 heavy (non-hydrogen) atoms. The van der Waals surface area contributed by atoms with Crippen molar-refractivity contribution in [3.63, 3.8) is 0 Å². The standard InChI is InChI=1S/C18H24N4O2S/c1-25(23,24)22(15-17-3-2-8-20-13-17)18-6-11-21(12-7-18)14-16-4-9-19-10-5-16/h2-5,8-10,13,18H,6-7,11-12,14-15H2,1H3. The molecule has 2 aromatic rings. The molecule has 0 aromatic carbocycles. The van der Waals surface area contributed by atoms with Gasteiger partial charge in [-0.05, 0) is 42.2 Å². The van der Waals surface area contributed by atoms with E-state index in [1.807, 2.05) is 24.3 Å². The maximum atomic E-state index is 12.3. The molecule has 0 atom stereocenters. The quantitative estimate of drug-likeness (QED) is 0.787. The molecule has 2 aromatic heterocycles. The van der Waals surface area contributed by atoms with Crippen molar-refractivity contribution in [3.05, 3.63) is 60.2 Å². The molecule has 0 radical (unpaired) electrons. The molecule has 3 heterocycles. The van der Waals surface area contributed by atoms with Crippen LogP contribution in [0.1, 0.15) is 24.0 Å². The number of hydrogen-bond acceptors (Lipinski definition) is 5. The van der Waals surface area contributed by atoms with Crippen LogP contribution in [0.25, 0.3) is 0 Å². The summed E-state index contributed by atoms with van der Waals surface area (Å²) >= 11 is 0. The van der Waals surface area contributed by atoms with E-state index in [1.54, 1.807) is 29.1 Å². The van der Waals surface area contributed by atoms with E-state index in [-0.39, 0.29) is 6.04 Å². The molecule has 1 aliphatic heterocycles. The van der Waals surface area contributed by atoms with Crippen molar-refractivity contribution in [1.29, 1.82) is 0 Å². The second kappa shape index (κ2) is 8.03. The summed E-state index contributed by atoms with van der Waals surface area (Å²) in [5, 5.41) is 0. The van der Waals surface area contributed by atoms with Gasteiger partial charge in [-0.1, -0.05) is 6.07 Å². The summed E-state index contributed by atoms with van der Waals surface area (Å²) in [7, 11) is -3.26. The lowest BCUT2D eigenvalue weighted by Gasteiger charge is -2.37. The van der Waals surface area contributed by atoms with Crippen LogP contribution in [0, 0.1) is 0 Å². The van der Waals surface area contributed by atoms with Crippen LogP contribution in [-0.2, 0) is 23.1 Å². The first-order valence-electron chi connectivity index (χ1n) is 8.49. The first kappa shape index (κ1) is 18.0. The smallest absolute Gasteiger partial charge is 0.211 e. The van der Waals surface area contributed by atoms with Gasteiger partial charge in [-0.25, -0.2) is 8.42 Å². The van der Waals surface area contributed by atoms with Crippen LogP contribution in [0.4, 0.5) is 0 Å². The minimum Gasteiger partial charge on any atom is -0.299 e. The number of rotatable bonds is 6. The van der Waals surface area contributed by atoms with Gasteiger partial charge in [0.05, 0.1) is 6.26 Å². The van der Waals surface area contributed by atoms with E-state index in [0.29, 0.717) is 6.54 Å². The average Bonchev–Trinajstić information content (AvgIpc) is 2.61. The van der Waals surface area contributed by atoms with Crippen molar-refractivity contribution >= 4 is 10.0 Å². The molecule has 134 valence electrons. The predicted molar refractivity (Wildman–Crippen MR) is 97.2 cm³/mol. The molecule has 3 rings (SSSR count). The lowest BCUT2D eigenvalue weighted by Crippen LogP contribution is -2.46. The van der Waals surface area contributed by atoms with Crippen molar-refractivity contribution in [3.8, 4) is 0 Å². The second-order valence-corrected chi connectivity index (χ2v) is 8.47. The Kier molecular flexibility index (Phi) is 5.78. The van der Waals surface area contributed by atoms with Gasteiger partial charge in [-0.2, -0.15) is 4.31 Å². The van der Waals surface area contributed by atoms with Gasteiger partial charge in [0.15, 0.2) is 0 Å². The highest BCUT2D eigenvalue weighted by Gasteiger charge is 2.30. The van der Waals surface area contributed by atoms with E-state index >= 15 is 0 Å². The van der Waals surface area contributed by atoms with Crippen molar-refractivity contribution in [2.75, 3.05) is 19.3 Å². The maximum Gasteiger partial charge on any atom is 0.211 e. The van der Waals surface area contributed by atoms with E-state index in [4.69, 9.17) is 0 Å². The van der Waals surface area contributed by atoms with Crippen molar-refractivity contribution in [1.82, 2.24) is 19.2 Å². The molecule has 0 spiro atoms. The Balaban J connectivity index is 1.62. The molecule has 1 aliphatic rings. The Morgan fingerprint density at radius 1 is 1.08 bits per heavy atom. The number of sulfonamides is 1. The number of piperidine rings is 1. The minimum atomic E-state index is -3.26. The van der Waals surface area contributed by atoms with E-state index < -0.39 is 10.0 Å². The van der Waals surface area contributed by atoms with Gasteiger partial charge in [0.1, 0.15) is 0 Å². The molecule has 0 saturated carbocycles. The SMILES string of the molecule is CS(=O)(=O)N(Cc1cccnc1)C1CCN(Cc2ccncc2)CC1. The number of nitrogens with zero attached hydrogens (tertiary/aromatic N) is 4. The molecule has 0 unspecified atom stereocenters. The Bertz CT molecular complexity index is 760. The van der Waals surface area contributed by atoms with Crippen LogP contribution in [0.3, 0.4) is 0 Å². The molecule has 1 fully saturated rings. The summed E-state index contributed by atoms with van der Waals surface area (Å²) in [6.45, 7) is 3.07. The summed E-state index contributed by atoms with van der Waals surface area (Å²) in [5.74, 6) is 0. The molecular formula is C18H24N4O2S. The summed E-state index contributed by atoms with van der Waals surface area (Å²) < 4.78 is 26.2. The Morgan fingerprint density at radius 2 is 1.80 bits per heavy atom. The topological polar surface area (TPSA) is 66.4 Å². The molecule has 0 amide bonds. The molecule has 0 N–H and O–H groups in total. The zero-order chi connectivity index (χ0) is 17.7. The summed E-state index contributed by atoms with van der Waals surface area (Å²) in [4.78, 5) is 10.5. The number of aromatic nitrogens is 2. The molecule has 6 nitrogen and oxygen atoms in total. The first-order chi connectivity index (χ1) is 12.0. The van der Waals surface area contributed by atoms with Crippen LogP contribution < -0.4 is 0 Å². The van der Waals surface area contributed by atoms with Gasteiger partial charge >= 0.3 is 0 Å². The molecule has 1 saturated heterocycles. The van der Waals surface area contributed by atoms with Gasteiger partial charge in [0.25, 0.3) is 0 Å². The normalized spacial score (nSPS) is 17.0. The van der Waals surface area contributed by atoms with Crippen molar-refractivity contribution in [2.24, 2.45) is 0 Å². The van der Waals surface area contributed by atoms with Crippen LogP contribution in [0.2, 0.25) is 0 Å². The highest BCUT2D eigenvalue weighted by atomic mass is 32.2. The third kappa shape index (κ3) is 5.07. The largest absolute Gasteiger partial charge is 0.299 e. The minimum absolute atomic E-state index is 0.0453. The fraction of sp³-hybridized carbons (Fsp3) is 0.444. The molecule has 7 heteroatoms. The Morgan fingerprint density at radius 3 is 2.40 bits per heavy atom. The van der Waals surface area contributed by atoms with Gasteiger partial charge in [0.2, 0.25) is 10.0 Å². The summed E-state index contributed by atoms with van der Waals surface area (Å²) in [6, 6.07) is 7.86. The summed E-state index contributed by atoms with van der Waals surface area (Å²) in [5.41, 5.74) is 2.16. The highest BCUT2D eigenvalue weighted by Crippen LogP contribution is 2.22. The van der Waals surface area contributed by atoms with E-state index in [2.05, 4.69) is 14.9 Å². The van der Waals surface area contributed by atoms with E-state index in [0.717, 1.165) is 38.0 Å². The van der Waals surface area contributed by atoms with Gasteiger partial charge in [-0.3, -0.25) is 14.9 Å². The van der Waals surface area contributed by atoms with Crippen LogP contribution in [0.5, 0.6) is 0 Å².